The molecule has 0 saturated carbocycles. The Morgan fingerprint density at radius 2 is 1.45 bits per heavy atom. The molecule has 1 N–H and O–H groups in total. The first-order chi connectivity index (χ1) is 9.97. The molecule has 0 aromatic heterocycles. The molecule has 0 radical (unpaired) electrons. The Morgan fingerprint density at radius 3 is 1.86 bits per heavy atom. The van der Waals surface area contributed by atoms with Gasteiger partial charge in [0.1, 0.15) is 6.61 Å². The maximum atomic E-state index is 12.1. The van der Waals surface area contributed by atoms with Crippen molar-refractivity contribution in [3.8, 4) is 0 Å². The average molecular weight is 777 g/mol. The van der Waals surface area contributed by atoms with Crippen LogP contribution in [0.15, 0.2) is 0 Å². The number of esters is 1. The number of benzene rings is 1. The van der Waals surface area contributed by atoms with Crippen LogP contribution < -0.4 is 0 Å². The Bertz CT molecular complexity index is 744. The molecule has 0 aliphatic heterocycles. The molecule has 1 aromatic rings. The van der Waals surface area contributed by atoms with Crippen LogP contribution in [-0.4, -0.2) is 42.4 Å². The van der Waals surface area contributed by atoms with E-state index in [1.807, 2.05) is 90.4 Å². The highest BCUT2D eigenvalue weighted by molar-refractivity contribution is 14.1. The van der Waals surface area contributed by atoms with E-state index < -0.39 is 34.4 Å². The van der Waals surface area contributed by atoms with E-state index in [1.165, 1.54) is 0 Å². The van der Waals surface area contributed by atoms with E-state index in [0.717, 1.165) is 0 Å². The number of hydrogen-bond acceptors (Lipinski definition) is 6. The molecule has 0 aliphatic carbocycles. The Balaban J connectivity index is 3.28. The minimum absolute atomic E-state index is 0.148. The SMILES string of the molecule is O=C(O)c1c(I)c(I)c(I)c(I)c1C(=O)OCCS(=O)(=O)[O-]. The number of carboxylic acids is 1. The van der Waals surface area contributed by atoms with Gasteiger partial charge in [-0.1, -0.05) is 0 Å². The zero-order chi connectivity index (χ0) is 17.2. The molecule has 0 bridgehead atoms. The van der Waals surface area contributed by atoms with Crippen molar-refractivity contribution in [1.29, 1.82) is 0 Å². The van der Waals surface area contributed by atoms with E-state index in [-0.39, 0.29) is 11.1 Å². The van der Waals surface area contributed by atoms with Crippen molar-refractivity contribution < 1.29 is 32.4 Å². The standard InChI is InChI=1S/C10H6I4O7S/c11-5-3(9(15)16)4(6(12)8(14)7(5)13)10(17)21-1-2-22(18,19)20/h1-2H2,(H,15,16)(H,18,19,20)/p-1. The van der Waals surface area contributed by atoms with Crippen molar-refractivity contribution >= 4 is 112 Å². The summed E-state index contributed by atoms with van der Waals surface area (Å²) in [6.45, 7) is -0.626. The smallest absolute Gasteiger partial charge is 0.340 e. The lowest BCUT2D eigenvalue weighted by atomic mass is 10.1. The first-order valence-corrected chi connectivity index (χ1v) is 11.1. The lowest BCUT2D eigenvalue weighted by Gasteiger charge is -2.14. The monoisotopic (exact) mass is 777 g/mol. The first kappa shape index (κ1) is 21.0. The van der Waals surface area contributed by atoms with Crippen molar-refractivity contribution in [1.82, 2.24) is 0 Å². The minimum atomic E-state index is -4.51. The number of carboxylic acid groups (broad SMARTS) is 1. The van der Waals surface area contributed by atoms with Gasteiger partial charge in [-0.15, -0.1) is 0 Å². The summed E-state index contributed by atoms with van der Waals surface area (Å²) in [7, 11) is -4.51. The molecule has 1 aromatic carbocycles. The number of ether oxygens (including phenoxy) is 1. The molecule has 0 atom stereocenters. The number of aromatic carboxylic acids is 1. The number of rotatable bonds is 5. The predicted octanol–water partition coefficient (Wildman–Crippen LogP) is 2.51. The zero-order valence-corrected chi connectivity index (χ0v) is 19.7. The summed E-state index contributed by atoms with van der Waals surface area (Å²) in [5.41, 5.74) is -0.351. The molecule has 22 heavy (non-hydrogen) atoms. The summed E-state index contributed by atoms with van der Waals surface area (Å²) in [4.78, 5) is 23.5. The molecule has 0 spiro atoms. The van der Waals surface area contributed by atoms with Gasteiger partial charge in [0, 0.05) is 14.3 Å². The van der Waals surface area contributed by atoms with E-state index >= 15 is 0 Å². The Morgan fingerprint density at radius 1 is 1.00 bits per heavy atom. The van der Waals surface area contributed by atoms with Crippen molar-refractivity contribution in [2.45, 2.75) is 0 Å². The van der Waals surface area contributed by atoms with E-state index in [0.29, 0.717) is 14.3 Å². The van der Waals surface area contributed by atoms with E-state index in [9.17, 15) is 27.7 Å². The maximum Gasteiger partial charge on any atom is 0.340 e. The topological polar surface area (TPSA) is 121 Å². The molecule has 0 unspecified atom stereocenters. The van der Waals surface area contributed by atoms with Gasteiger partial charge in [-0.3, -0.25) is 0 Å². The third kappa shape index (κ3) is 5.24. The fourth-order valence-electron chi connectivity index (χ4n) is 1.33. The third-order valence-electron chi connectivity index (χ3n) is 2.25. The second-order valence-corrected chi connectivity index (χ2v) is 9.55. The molecular formula is C10H5I4O7S-. The number of hydrogen-bond donors (Lipinski definition) is 1. The third-order valence-corrected chi connectivity index (χ3v) is 10.3. The lowest BCUT2D eigenvalue weighted by molar-refractivity contribution is 0.0514. The van der Waals surface area contributed by atoms with Gasteiger partial charge in [-0.05, 0) is 90.4 Å². The summed E-state index contributed by atoms with van der Waals surface area (Å²) in [6.07, 6.45) is 0. The summed E-state index contributed by atoms with van der Waals surface area (Å²) < 4.78 is 38.4. The molecule has 7 nitrogen and oxygen atoms in total. The van der Waals surface area contributed by atoms with Crippen molar-refractivity contribution in [2.75, 3.05) is 12.4 Å². The van der Waals surface area contributed by atoms with E-state index in [4.69, 9.17) is 4.74 Å². The lowest BCUT2D eigenvalue weighted by Crippen LogP contribution is -2.20. The van der Waals surface area contributed by atoms with Gasteiger partial charge in [0.05, 0.1) is 27.0 Å². The largest absolute Gasteiger partial charge is 0.748 e. The zero-order valence-electron chi connectivity index (χ0n) is 10.2. The Kier molecular flexibility index (Phi) is 8.02. The second-order valence-electron chi connectivity index (χ2n) is 3.71. The fraction of sp³-hybridized carbons (Fsp3) is 0.200. The van der Waals surface area contributed by atoms with Gasteiger partial charge < -0.3 is 14.4 Å². The van der Waals surface area contributed by atoms with E-state index in [2.05, 4.69) is 0 Å². The van der Waals surface area contributed by atoms with Crippen LogP contribution in [0.5, 0.6) is 0 Å². The van der Waals surface area contributed by atoms with Gasteiger partial charge in [0.2, 0.25) is 0 Å². The fourth-order valence-corrected chi connectivity index (χ4v) is 5.26. The summed E-state index contributed by atoms with van der Waals surface area (Å²) >= 11 is 7.61. The molecule has 0 amide bonds. The molecule has 0 aliphatic rings. The van der Waals surface area contributed by atoms with Crippen LogP contribution in [0.3, 0.4) is 0 Å². The summed E-state index contributed by atoms with van der Waals surface area (Å²) in [6, 6.07) is 0. The van der Waals surface area contributed by atoms with Gasteiger partial charge in [0.25, 0.3) is 0 Å². The van der Waals surface area contributed by atoms with Crippen LogP contribution in [0.2, 0.25) is 0 Å². The van der Waals surface area contributed by atoms with Gasteiger partial charge >= 0.3 is 11.9 Å². The van der Waals surface area contributed by atoms with Crippen LogP contribution in [0.4, 0.5) is 0 Å². The highest BCUT2D eigenvalue weighted by Gasteiger charge is 2.28. The Hall–Kier alpha value is 0.990. The van der Waals surface area contributed by atoms with Gasteiger partial charge in [0.15, 0.2) is 0 Å². The van der Waals surface area contributed by atoms with Crippen LogP contribution >= 0.6 is 90.4 Å². The first-order valence-electron chi connectivity index (χ1n) is 5.17. The highest BCUT2D eigenvalue weighted by atomic mass is 127. The normalized spacial score (nSPS) is 11.3. The minimum Gasteiger partial charge on any atom is -0.748 e. The molecule has 1 rings (SSSR count). The maximum absolute atomic E-state index is 12.1. The summed E-state index contributed by atoms with van der Waals surface area (Å²) in [5.74, 6) is -3.13. The number of halogens is 4. The number of carbonyl (C=O) groups is 2. The van der Waals surface area contributed by atoms with Crippen LogP contribution in [0.1, 0.15) is 20.7 Å². The van der Waals surface area contributed by atoms with E-state index in [1.54, 1.807) is 0 Å². The Labute approximate surface area is 180 Å². The average Bonchev–Trinajstić information content (AvgIpc) is 2.38. The molecule has 122 valence electrons. The number of carbonyl (C=O) groups excluding carboxylic acids is 1. The molecule has 0 heterocycles. The molecule has 0 fully saturated rings. The summed E-state index contributed by atoms with van der Waals surface area (Å²) in [5, 5.41) is 9.32. The van der Waals surface area contributed by atoms with Crippen molar-refractivity contribution in [3.63, 3.8) is 0 Å². The molecular weight excluding hydrogens is 772 g/mol. The van der Waals surface area contributed by atoms with Crippen LogP contribution in [0, 0.1) is 14.3 Å². The molecule has 12 heteroatoms. The van der Waals surface area contributed by atoms with Crippen molar-refractivity contribution in [3.05, 3.63) is 25.4 Å². The van der Waals surface area contributed by atoms with Gasteiger partial charge in [-0.25, -0.2) is 18.0 Å². The van der Waals surface area contributed by atoms with Crippen molar-refractivity contribution in [2.24, 2.45) is 0 Å². The van der Waals surface area contributed by atoms with Crippen LogP contribution in [0.25, 0.3) is 0 Å². The highest BCUT2D eigenvalue weighted by Crippen LogP contribution is 2.33. The predicted molar refractivity (Wildman–Crippen MR) is 109 cm³/mol. The quantitative estimate of drug-likeness (QED) is 0.161. The second kappa shape index (κ2) is 8.39. The molecule has 0 saturated heterocycles. The van der Waals surface area contributed by atoms with Crippen LogP contribution in [-0.2, 0) is 14.9 Å². The van der Waals surface area contributed by atoms with Gasteiger partial charge in [-0.2, -0.15) is 0 Å².